The van der Waals surface area contributed by atoms with Gasteiger partial charge in [0.15, 0.2) is 0 Å². The van der Waals surface area contributed by atoms with Crippen LogP contribution in [0.3, 0.4) is 0 Å². The summed E-state index contributed by atoms with van der Waals surface area (Å²) in [6, 6.07) is 10.2. The third-order valence-electron chi connectivity index (χ3n) is 2.76. The molecule has 0 unspecified atom stereocenters. The van der Waals surface area contributed by atoms with E-state index in [4.69, 9.17) is 4.74 Å². The number of rotatable bonds is 4. The van der Waals surface area contributed by atoms with Gasteiger partial charge in [-0.25, -0.2) is 8.78 Å². The van der Waals surface area contributed by atoms with Gasteiger partial charge in [0.05, 0.1) is 6.10 Å². The molecule has 0 fully saturated rings. The summed E-state index contributed by atoms with van der Waals surface area (Å²) >= 11 is 0. The first-order valence-corrected chi connectivity index (χ1v) is 5.91. The fourth-order valence-electron chi connectivity index (χ4n) is 1.77. The van der Waals surface area contributed by atoms with Gasteiger partial charge in [0.1, 0.15) is 24.0 Å². The van der Waals surface area contributed by atoms with Gasteiger partial charge in [0, 0.05) is 11.1 Å². The highest BCUT2D eigenvalue weighted by atomic mass is 19.1. The zero-order valence-corrected chi connectivity index (χ0v) is 10.4. The van der Waals surface area contributed by atoms with Gasteiger partial charge in [-0.15, -0.1) is 0 Å². The van der Waals surface area contributed by atoms with Gasteiger partial charge >= 0.3 is 0 Å². The van der Waals surface area contributed by atoms with Gasteiger partial charge in [-0.3, -0.25) is 0 Å². The minimum atomic E-state index is -0.687. The standard InChI is InChI=1S/C15H14F2O2/c1-10(18)13-4-2-3-5-15(13)19-9-11-8-12(16)6-7-14(11)17/h2-8,10,18H,9H2,1H3/t10-/m0/s1. The maximum atomic E-state index is 13.4. The van der Waals surface area contributed by atoms with E-state index in [-0.39, 0.29) is 12.2 Å². The van der Waals surface area contributed by atoms with Crippen LogP contribution in [-0.2, 0) is 6.61 Å². The minimum Gasteiger partial charge on any atom is -0.488 e. The van der Waals surface area contributed by atoms with Crippen LogP contribution in [0.4, 0.5) is 8.78 Å². The maximum Gasteiger partial charge on any atom is 0.130 e. The summed E-state index contributed by atoms with van der Waals surface area (Å²) in [6.07, 6.45) is -0.687. The van der Waals surface area contributed by atoms with Crippen molar-refractivity contribution in [3.63, 3.8) is 0 Å². The predicted octanol–water partition coefficient (Wildman–Crippen LogP) is 3.60. The molecule has 100 valence electrons. The molecule has 1 atom stereocenters. The van der Waals surface area contributed by atoms with Gasteiger partial charge in [0.2, 0.25) is 0 Å². The van der Waals surface area contributed by atoms with Crippen LogP contribution in [0.25, 0.3) is 0 Å². The Balaban J connectivity index is 2.17. The molecule has 0 aliphatic heterocycles. The van der Waals surface area contributed by atoms with Gasteiger partial charge in [-0.1, -0.05) is 18.2 Å². The molecule has 0 heterocycles. The summed E-state index contributed by atoms with van der Waals surface area (Å²) < 4.78 is 31.9. The fraction of sp³-hybridized carbons (Fsp3) is 0.200. The van der Waals surface area contributed by atoms with Crippen LogP contribution < -0.4 is 4.74 Å². The zero-order valence-electron chi connectivity index (χ0n) is 10.4. The molecule has 0 spiro atoms. The van der Waals surface area contributed by atoms with Crippen LogP contribution in [-0.4, -0.2) is 5.11 Å². The predicted molar refractivity (Wildman–Crippen MR) is 67.8 cm³/mol. The van der Waals surface area contributed by atoms with E-state index in [1.165, 1.54) is 0 Å². The van der Waals surface area contributed by atoms with Crippen molar-refractivity contribution in [1.82, 2.24) is 0 Å². The smallest absolute Gasteiger partial charge is 0.130 e. The number of benzene rings is 2. The summed E-state index contributed by atoms with van der Waals surface area (Å²) in [5.74, 6) is -0.569. The molecule has 4 heteroatoms. The van der Waals surface area contributed by atoms with Crippen molar-refractivity contribution in [2.45, 2.75) is 19.6 Å². The highest BCUT2D eigenvalue weighted by Crippen LogP contribution is 2.25. The number of aliphatic hydroxyl groups is 1. The molecule has 19 heavy (non-hydrogen) atoms. The maximum absolute atomic E-state index is 13.4. The number of hydrogen-bond acceptors (Lipinski definition) is 2. The Hall–Kier alpha value is -1.94. The number of halogens is 2. The molecule has 0 bridgehead atoms. The monoisotopic (exact) mass is 264 g/mol. The average molecular weight is 264 g/mol. The summed E-state index contributed by atoms with van der Waals surface area (Å²) in [6.45, 7) is 1.53. The Morgan fingerprint density at radius 1 is 1.16 bits per heavy atom. The molecule has 0 radical (unpaired) electrons. The first kappa shape index (κ1) is 13.5. The molecule has 0 aliphatic rings. The van der Waals surface area contributed by atoms with Crippen molar-refractivity contribution in [3.8, 4) is 5.75 Å². The molecular formula is C15H14F2O2. The second-order valence-electron chi connectivity index (χ2n) is 4.24. The Labute approximate surface area is 110 Å². The van der Waals surface area contributed by atoms with Crippen LogP contribution in [0.1, 0.15) is 24.2 Å². The van der Waals surface area contributed by atoms with E-state index in [0.29, 0.717) is 11.3 Å². The minimum absolute atomic E-state index is 0.0900. The molecule has 2 aromatic carbocycles. The Morgan fingerprint density at radius 2 is 1.89 bits per heavy atom. The Morgan fingerprint density at radius 3 is 2.63 bits per heavy atom. The van der Waals surface area contributed by atoms with Crippen LogP contribution in [0.15, 0.2) is 42.5 Å². The van der Waals surface area contributed by atoms with Crippen molar-refractivity contribution in [3.05, 3.63) is 65.2 Å². The van der Waals surface area contributed by atoms with Gasteiger partial charge in [0.25, 0.3) is 0 Å². The topological polar surface area (TPSA) is 29.5 Å². The van der Waals surface area contributed by atoms with Gasteiger partial charge in [-0.05, 0) is 31.2 Å². The summed E-state index contributed by atoms with van der Waals surface area (Å²) in [4.78, 5) is 0. The number of ether oxygens (including phenoxy) is 1. The molecule has 0 aliphatic carbocycles. The van der Waals surface area contributed by atoms with Crippen LogP contribution >= 0.6 is 0 Å². The highest BCUT2D eigenvalue weighted by molar-refractivity contribution is 5.35. The normalized spacial score (nSPS) is 12.2. The largest absolute Gasteiger partial charge is 0.488 e. The van der Waals surface area contributed by atoms with E-state index in [9.17, 15) is 13.9 Å². The molecule has 0 saturated carbocycles. The third kappa shape index (κ3) is 3.29. The summed E-state index contributed by atoms with van der Waals surface area (Å²) in [5, 5.41) is 9.59. The lowest BCUT2D eigenvalue weighted by Gasteiger charge is -2.13. The van der Waals surface area contributed by atoms with Crippen molar-refractivity contribution < 1.29 is 18.6 Å². The van der Waals surface area contributed by atoms with Crippen molar-refractivity contribution >= 4 is 0 Å². The van der Waals surface area contributed by atoms with Gasteiger partial charge in [-0.2, -0.15) is 0 Å². The van der Waals surface area contributed by atoms with Crippen LogP contribution in [0.5, 0.6) is 5.75 Å². The molecule has 1 N–H and O–H groups in total. The molecule has 0 aromatic heterocycles. The van der Waals surface area contributed by atoms with Crippen molar-refractivity contribution in [2.24, 2.45) is 0 Å². The molecular weight excluding hydrogens is 250 g/mol. The van der Waals surface area contributed by atoms with E-state index in [1.807, 2.05) is 0 Å². The second kappa shape index (κ2) is 5.80. The van der Waals surface area contributed by atoms with Crippen molar-refractivity contribution in [1.29, 1.82) is 0 Å². The number of para-hydroxylation sites is 1. The lowest BCUT2D eigenvalue weighted by molar-refractivity contribution is 0.190. The lowest BCUT2D eigenvalue weighted by Crippen LogP contribution is -2.02. The Kier molecular flexibility index (Phi) is 4.12. The molecule has 2 aromatic rings. The molecule has 0 saturated heterocycles. The van der Waals surface area contributed by atoms with E-state index in [0.717, 1.165) is 18.2 Å². The van der Waals surface area contributed by atoms with Gasteiger partial charge < -0.3 is 9.84 Å². The summed E-state index contributed by atoms with van der Waals surface area (Å²) in [5.41, 5.74) is 0.750. The molecule has 2 nitrogen and oxygen atoms in total. The van der Waals surface area contributed by atoms with Crippen LogP contribution in [0, 0.1) is 11.6 Å². The first-order valence-electron chi connectivity index (χ1n) is 5.91. The Bertz CT molecular complexity index is 568. The van der Waals surface area contributed by atoms with E-state index < -0.39 is 17.7 Å². The highest BCUT2D eigenvalue weighted by Gasteiger charge is 2.10. The lowest BCUT2D eigenvalue weighted by atomic mass is 10.1. The third-order valence-corrected chi connectivity index (χ3v) is 2.76. The second-order valence-corrected chi connectivity index (χ2v) is 4.24. The first-order chi connectivity index (χ1) is 9.08. The van der Waals surface area contributed by atoms with Crippen LogP contribution in [0.2, 0.25) is 0 Å². The average Bonchev–Trinajstić information content (AvgIpc) is 2.40. The van der Waals surface area contributed by atoms with Crippen molar-refractivity contribution in [2.75, 3.05) is 0 Å². The number of aliphatic hydroxyl groups excluding tert-OH is 1. The van der Waals surface area contributed by atoms with E-state index in [2.05, 4.69) is 0 Å². The fourth-order valence-corrected chi connectivity index (χ4v) is 1.77. The zero-order chi connectivity index (χ0) is 13.8. The van der Waals surface area contributed by atoms with E-state index in [1.54, 1.807) is 31.2 Å². The SMILES string of the molecule is C[C@H](O)c1ccccc1OCc1cc(F)ccc1F. The quantitative estimate of drug-likeness (QED) is 0.914. The molecule has 0 amide bonds. The van der Waals surface area contributed by atoms with E-state index >= 15 is 0 Å². The molecule has 2 rings (SSSR count). The summed E-state index contributed by atoms with van der Waals surface area (Å²) in [7, 11) is 0. The number of hydrogen-bond donors (Lipinski definition) is 1.